The number of aromatic nitrogens is 2. The molecule has 5 atom stereocenters. The molecule has 2 aliphatic carbocycles. The van der Waals surface area contributed by atoms with Crippen molar-refractivity contribution in [2.24, 2.45) is 11.3 Å². The molecule has 2 N–H and O–H groups in total. The summed E-state index contributed by atoms with van der Waals surface area (Å²) in [4.78, 5) is 66.7. The van der Waals surface area contributed by atoms with Gasteiger partial charge in [0.2, 0.25) is 27.7 Å². The van der Waals surface area contributed by atoms with Gasteiger partial charge < -0.3 is 15.0 Å². The summed E-state index contributed by atoms with van der Waals surface area (Å²) in [5.41, 5.74) is 0.839. The van der Waals surface area contributed by atoms with Gasteiger partial charge in [0.05, 0.1) is 40.5 Å². The van der Waals surface area contributed by atoms with Gasteiger partial charge in [0.25, 0.3) is 5.91 Å². The molecule has 1 saturated heterocycles. The van der Waals surface area contributed by atoms with Crippen LogP contribution in [0.1, 0.15) is 73.9 Å². The molecule has 0 radical (unpaired) electrons. The summed E-state index contributed by atoms with van der Waals surface area (Å²) in [6, 6.07) is 9.65. The minimum absolute atomic E-state index is 0.0159. The van der Waals surface area contributed by atoms with Crippen molar-refractivity contribution in [2.45, 2.75) is 87.6 Å². The van der Waals surface area contributed by atoms with E-state index in [1.807, 2.05) is 30.4 Å². The highest BCUT2D eigenvalue weighted by atomic mass is 32.2. The molecule has 2 aromatic carbocycles. The molecule has 0 unspecified atom stereocenters. The van der Waals surface area contributed by atoms with Gasteiger partial charge in [-0.1, -0.05) is 43.2 Å². The molecule has 2 aliphatic heterocycles. The number of hydrogen-bond acceptors (Lipinski definition) is 10. The monoisotopic (exact) mass is 773 g/mol. The van der Waals surface area contributed by atoms with E-state index >= 15 is 0 Å². The number of fused-ring (bicyclic) bond motifs is 5. The minimum Gasteiger partial charge on any atom is -0.472 e. The van der Waals surface area contributed by atoms with Crippen LogP contribution < -0.4 is 14.8 Å². The summed E-state index contributed by atoms with van der Waals surface area (Å²) < 4.78 is 49.0. The average Bonchev–Trinajstić information content (AvgIpc) is 4.01. The average molecular weight is 774 g/mol. The number of nitrogens with zero attached hydrogens (tertiary/aromatic N) is 3. The van der Waals surface area contributed by atoms with Gasteiger partial charge in [-0.3, -0.25) is 28.9 Å². The number of hydrogen-bond donors (Lipinski definition) is 2. The summed E-state index contributed by atoms with van der Waals surface area (Å²) in [5, 5.41) is 4.17. The molecule has 12 nitrogen and oxygen atoms in total. The summed E-state index contributed by atoms with van der Waals surface area (Å²) >= 11 is 1.15. The van der Waals surface area contributed by atoms with Crippen LogP contribution in [0.4, 0.5) is 4.39 Å². The molecule has 4 aliphatic rings. The third kappa shape index (κ3) is 7.22. The molecule has 4 aromatic rings. The number of pyridine rings is 1. The second kappa shape index (κ2) is 14.5. The van der Waals surface area contributed by atoms with E-state index in [2.05, 4.69) is 15.0 Å². The SMILES string of the molecule is O=C(N[C@H]1CCCCC/C=C\[C@@H]2C[C@@]2(C(=O)NS(=O)(=O)C2CC2)CC(=O)[C@@H]2C[C@@H](Oc3nc4ccccc4c4cc(F)ccc34)CN2C1=O)c1cncs1. The predicted molar refractivity (Wildman–Crippen MR) is 200 cm³/mol. The normalized spacial score (nSPS) is 27.0. The Hall–Kier alpha value is -4.76. The Kier molecular flexibility index (Phi) is 9.71. The van der Waals surface area contributed by atoms with E-state index in [1.165, 1.54) is 28.7 Å². The highest BCUT2D eigenvalue weighted by Gasteiger charge is 2.61. The molecule has 0 bridgehead atoms. The first-order valence-corrected chi connectivity index (χ1v) is 20.8. The molecular formula is C39H40FN5O7S2. The molecule has 4 heterocycles. The molecule has 2 aromatic heterocycles. The van der Waals surface area contributed by atoms with E-state index < -0.39 is 68.2 Å². The van der Waals surface area contributed by atoms with Crippen molar-refractivity contribution >= 4 is 66.5 Å². The number of rotatable bonds is 7. The van der Waals surface area contributed by atoms with Crippen LogP contribution in [-0.4, -0.2) is 76.8 Å². The maximum absolute atomic E-state index is 14.6. The molecule has 2 saturated carbocycles. The number of para-hydroxylation sites is 1. The molecule has 54 heavy (non-hydrogen) atoms. The van der Waals surface area contributed by atoms with Crippen LogP contribution in [0.5, 0.6) is 5.88 Å². The highest BCUT2D eigenvalue weighted by Crippen LogP contribution is 2.57. The zero-order chi connectivity index (χ0) is 37.6. The first kappa shape index (κ1) is 36.2. The maximum Gasteiger partial charge on any atom is 0.263 e. The van der Waals surface area contributed by atoms with Crippen molar-refractivity contribution in [3.63, 3.8) is 0 Å². The number of halogens is 1. The first-order chi connectivity index (χ1) is 26.0. The quantitative estimate of drug-likeness (QED) is 0.189. The van der Waals surface area contributed by atoms with E-state index in [1.54, 1.807) is 12.1 Å². The Morgan fingerprint density at radius 3 is 2.65 bits per heavy atom. The Bertz CT molecular complexity index is 2280. The van der Waals surface area contributed by atoms with Crippen LogP contribution in [0.25, 0.3) is 21.7 Å². The lowest BCUT2D eigenvalue weighted by molar-refractivity contribution is -0.140. The number of nitrogens with one attached hydrogen (secondary N) is 2. The second-order valence-corrected chi connectivity index (χ2v) is 17.7. The van der Waals surface area contributed by atoms with Gasteiger partial charge in [-0.25, -0.2) is 17.8 Å². The van der Waals surface area contributed by atoms with Crippen molar-refractivity contribution in [1.82, 2.24) is 24.9 Å². The highest BCUT2D eigenvalue weighted by molar-refractivity contribution is 7.90. The number of carbonyl (C=O) groups excluding carboxylic acids is 4. The van der Waals surface area contributed by atoms with Gasteiger partial charge >= 0.3 is 0 Å². The van der Waals surface area contributed by atoms with Crippen molar-refractivity contribution in [2.75, 3.05) is 6.54 Å². The Morgan fingerprint density at radius 2 is 1.85 bits per heavy atom. The summed E-state index contributed by atoms with van der Waals surface area (Å²) in [7, 11) is -3.87. The molecule has 282 valence electrons. The number of allylic oxidation sites excluding steroid dienone is 2. The largest absolute Gasteiger partial charge is 0.472 e. The van der Waals surface area contributed by atoms with Gasteiger partial charge in [-0.05, 0) is 74.1 Å². The molecule has 8 rings (SSSR count). The summed E-state index contributed by atoms with van der Waals surface area (Å²) in [5.74, 6) is -2.53. The number of thiazole rings is 1. The van der Waals surface area contributed by atoms with Crippen molar-refractivity contribution in [1.29, 1.82) is 0 Å². The molecular weight excluding hydrogens is 734 g/mol. The fourth-order valence-corrected chi connectivity index (χ4v) is 9.80. The number of Topliss-reactive ketones (excluding diaryl/α,β-unsaturated/α-hetero) is 1. The topological polar surface area (TPSA) is 165 Å². The van der Waals surface area contributed by atoms with Gasteiger partial charge in [-0.15, -0.1) is 11.3 Å². The lowest BCUT2D eigenvalue weighted by Gasteiger charge is -2.29. The molecule has 15 heteroatoms. The zero-order valence-electron chi connectivity index (χ0n) is 29.4. The molecule has 3 amide bonds. The van der Waals surface area contributed by atoms with Crippen LogP contribution in [0.3, 0.4) is 0 Å². The zero-order valence-corrected chi connectivity index (χ0v) is 31.0. The molecule has 0 spiro atoms. The fourth-order valence-electron chi connectivity index (χ4n) is 7.89. The standard InChI is InChI=1S/C39H40FN5O7S2/c40-24-12-15-28-29(16-24)27-9-6-7-10-30(27)43-36(28)52-25-17-32-33(46)19-39(38(49)44-54(50,51)26-13-14-26)18-23(39)8-4-2-1-3-5-11-31(37(48)45(32)21-25)42-35(47)34-20-41-22-53-34/h4,6-10,12,15-16,20,22-23,25-26,31-32H,1-3,5,11,13-14,17-19,21H2,(H,42,47)(H,44,49)/b8-4-/t23-,25-,31+,32+,39-/m1/s1. The van der Waals surface area contributed by atoms with Crippen LogP contribution in [0.15, 0.2) is 66.3 Å². The summed E-state index contributed by atoms with van der Waals surface area (Å²) in [6.07, 6.45) is 8.93. The fraction of sp³-hybridized carbons (Fsp3) is 0.436. The number of sulfonamides is 1. The van der Waals surface area contributed by atoms with Gasteiger partial charge in [0, 0.05) is 23.6 Å². The van der Waals surface area contributed by atoms with Gasteiger partial charge in [-0.2, -0.15) is 0 Å². The number of ketones is 1. The van der Waals surface area contributed by atoms with Gasteiger partial charge in [0.1, 0.15) is 22.8 Å². The lowest BCUT2D eigenvalue weighted by Crippen LogP contribution is -2.52. The lowest BCUT2D eigenvalue weighted by atomic mass is 9.91. The van der Waals surface area contributed by atoms with Crippen LogP contribution in [-0.2, 0) is 24.4 Å². The summed E-state index contributed by atoms with van der Waals surface area (Å²) in [6.45, 7) is -0.0159. The van der Waals surface area contributed by atoms with Crippen LogP contribution >= 0.6 is 11.3 Å². The third-order valence-corrected chi connectivity index (χ3v) is 13.7. The molecule has 3 fully saturated rings. The Labute approximate surface area is 315 Å². The smallest absolute Gasteiger partial charge is 0.263 e. The van der Waals surface area contributed by atoms with Crippen molar-refractivity contribution in [3.05, 3.63) is 77.0 Å². The van der Waals surface area contributed by atoms with E-state index in [-0.39, 0.29) is 31.2 Å². The maximum atomic E-state index is 14.6. The third-order valence-electron chi connectivity index (χ3n) is 11.1. The van der Waals surface area contributed by atoms with E-state index in [0.29, 0.717) is 59.7 Å². The number of ether oxygens (including phenoxy) is 1. The van der Waals surface area contributed by atoms with Gasteiger partial charge in [0.15, 0.2) is 5.78 Å². The first-order valence-electron chi connectivity index (χ1n) is 18.4. The Balaban J connectivity index is 1.13. The minimum atomic E-state index is -3.87. The van der Waals surface area contributed by atoms with Crippen molar-refractivity contribution < 1.29 is 36.7 Å². The van der Waals surface area contributed by atoms with Crippen LogP contribution in [0, 0.1) is 17.2 Å². The predicted octanol–water partition coefficient (Wildman–Crippen LogP) is 5.22. The Morgan fingerprint density at radius 1 is 1.02 bits per heavy atom. The number of amides is 3. The van der Waals surface area contributed by atoms with E-state index in [9.17, 15) is 32.0 Å². The van der Waals surface area contributed by atoms with Crippen molar-refractivity contribution in [3.8, 4) is 5.88 Å². The number of benzene rings is 2. The van der Waals surface area contributed by atoms with Crippen LogP contribution in [0.2, 0.25) is 0 Å². The van der Waals surface area contributed by atoms with E-state index in [0.717, 1.165) is 29.6 Å². The second-order valence-electron chi connectivity index (χ2n) is 14.8. The number of carbonyl (C=O) groups is 4. The van der Waals surface area contributed by atoms with E-state index in [4.69, 9.17) is 9.72 Å².